The summed E-state index contributed by atoms with van der Waals surface area (Å²) in [4.78, 5) is 30.8. The van der Waals surface area contributed by atoms with Crippen molar-refractivity contribution in [3.63, 3.8) is 0 Å². The zero-order valence-corrected chi connectivity index (χ0v) is 22.6. The zero-order chi connectivity index (χ0) is 26.1. The van der Waals surface area contributed by atoms with E-state index in [2.05, 4.69) is 0 Å². The molecular formula is C28H23ClN2O4S2. The molecule has 0 spiro atoms. The van der Waals surface area contributed by atoms with E-state index in [4.69, 9.17) is 33.3 Å². The molecule has 2 amide bonds. The molecule has 0 atom stereocenters. The molecule has 6 nitrogen and oxygen atoms in total. The van der Waals surface area contributed by atoms with Crippen molar-refractivity contribution in [3.05, 3.63) is 93.3 Å². The van der Waals surface area contributed by atoms with Crippen LogP contribution in [-0.4, -0.2) is 41.8 Å². The molecule has 0 radical (unpaired) electrons. The summed E-state index contributed by atoms with van der Waals surface area (Å²) in [5.41, 5.74) is 3.66. The second kappa shape index (κ2) is 10.6. The van der Waals surface area contributed by atoms with Gasteiger partial charge in [-0.2, -0.15) is 0 Å². The van der Waals surface area contributed by atoms with Crippen molar-refractivity contribution in [1.29, 1.82) is 0 Å². The molecule has 37 heavy (non-hydrogen) atoms. The van der Waals surface area contributed by atoms with Gasteiger partial charge in [0.1, 0.15) is 4.32 Å². The number of ether oxygens (including phenoxy) is 2. The summed E-state index contributed by atoms with van der Waals surface area (Å²) in [6.45, 7) is 0.689. The van der Waals surface area contributed by atoms with Gasteiger partial charge in [0, 0.05) is 17.1 Å². The highest BCUT2D eigenvalue weighted by molar-refractivity contribution is 8.26. The van der Waals surface area contributed by atoms with Crippen molar-refractivity contribution in [3.8, 4) is 11.5 Å². The number of hydrogen-bond acceptors (Lipinski definition) is 6. The van der Waals surface area contributed by atoms with Crippen molar-refractivity contribution in [2.24, 2.45) is 0 Å². The monoisotopic (exact) mass is 550 g/mol. The number of carbonyl (C=O) groups is 2. The fourth-order valence-electron chi connectivity index (χ4n) is 4.47. The lowest BCUT2D eigenvalue weighted by Gasteiger charge is -2.18. The van der Waals surface area contributed by atoms with Gasteiger partial charge in [0.25, 0.3) is 11.8 Å². The van der Waals surface area contributed by atoms with Gasteiger partial charge in [0.05, 0.1) is 36.9 Å². The van der Waals surface area contributed by atoms with E-state index in [0.717, 1.165) is 22.4 Å². The summed E-state index contributed by atoms with van der Waals surface area (Å²) in [5, 5.41) is 0.586. The van der Waals surface area contributed by atoms with Gasteiger partial charge >= 0.3 is 0 Å². The van der Waals surface area contributed by atoms with Crippen LogP contribution in [0.2, 0.25) is 5.02 Å². The molecule has 1 saturated heterocycles. The van der Waals surface area contributed by atoms with E-state index in [1.54, 1.807) is 30.1 Å². The Morgan fingerprint density at radius 2 is 1.62 bits per heavy atom. The fraction of sp³-hybridized carbons (Fsp3) is 0.179. The van der Waals surface area contributed by atoms with Crippen LogP contribution in [0.15, 0.2) is 71.6 Å². The van der Waals surface area contributed by atoms with Gasteiger partial charge in [0.15, 0.2) is 11.5 Å². The molecular weight excluding hydrogens is 528 g/mol. The first-order valence-corrected chi connectivity index (χ1v) is 13.2. The Hall–Kier alpha value is -3.33. The molecule has 1 fully saturated rings. The number of fused-ring (bicyclic) bond motifs is 1. The lowest BCUT2D eigenvalue weighted by molar-refractivity contribution is -0.122. The first-order chi connectivity index (χ1) is 17.9. The van der Waals surface area contributed by atoms with E-state index >= 15 is 0 Å². The van der Waals surface area contributed by atoms with E-state index in [1.807, 2.05) is 60.7 Å². The summed E-state index contributed by atoms with van der Waals surface area (Å²) in [5.74, 6) is 0.773. The number of hydrogen-bond donors (Lipinski definition) is 0. The van der Waals surface area contributed by atoms with E-state index in [1.165, 1.54) is 11.8 Å². The van der Waals surface area contributed by atoms with Crippen LogP contribution >= 0.6 is 35.6 Å². The maximum Gasteiger partial charge on any atom is 0.267 e. The fourth-order valence-corrected chi connectivity index (χ4v) is 6.05. The number of amides is 2. The summed E-state index contributed by atoms with van der Waals surface area (Å²) in [6.07, 6.45) is 0.568. The van der Waals surface area contributed by atoms with E-state index in [9.17, 15) is 9.59 Å². The number of nitrogens with zero attached hydrogens (tertiary/aromatic N) is 2. The Morgan fingerprint density at radius 1 is 0.892 bits per heavy atom. The first kappa shape index (κ1) is 25.3. The summed E-state index contributed by atoms with van der Waals surface area (Å²) < 4.78 is 11.1. The van der Waals surface area contributed by atoms with E-state index in [-0.39, 0.29) is 11.8 Å². The maximum atomic E-state index is 13.7. The number of methoxy groups -OCH3 is 2. The number of thiocarbonyl (C=S) groups is 1. The first-order valence-electron chi connectivity index (χ1n) is 11.6. The molecule has 2 aliphatic heterocycles. The average Bonchev–Trinajstić information content (AvgIpc) is 3.35. The smallest absolute Gasteiger partial charge is 0.267 e. The number of thioether (sulfide) groups is 1. The second-order valence-electron chi connectivity index (χ2n) is 8.47. The molecule has 2 aliphatic rings. The topological polar surface area (TPSA) is 59.1 Å². The van der Waals surface area contributed by atoms with Crippen molar-refractivity contribution in [2.75, 3.05) is 25.7 Å². The highest BCUT2D eigenvalue weighted by Gasteiger charge is 2.41. The number of benzene rings is 3. The van der Waals surface area contributed by atoms with Crippen LogP contribution in [0.25, 0.3) is 5.57 Å². The standard InChI is InChI=1S/C28H23ClN2O4S2/c1-34-22-12-11-17(15-23(22)35-2)13-14-30-27(33)25(37-28(30)36)24-19-8-4-6-10-21(19)31(26(24)32)16-18-7-3-5-9-20(18)29/h3-12,15H,13-14,16H2,1-2H3. The quantitative estimate of drug-likeness (QED) is 0.277. The van der Waals surface area contributed by atoms with Crippen molar-refractivity contribution in [1.82, 2.24) is 4.90 Å². The molecule has 5 rings (SSSR count). The molecule has 0 saturated carbocycles. The highest BCUT2D eigenvalue weighted by atomic mass is 35.5. The molecule has 0 bridgehead atoms. The van der Waals surface area contributed by atoms with Gasteiger partial charge in [-0.3, -0.25) is 14.5 Å². The van der Waals surface area contributed by atoms with Crippen LogP contribution < -0.4 is 14.4 Å². The van der Waals surface area contributed by atoms with E-state index < -0.39 is 0 Å². The second-order valence-corrected chi connectivity index (χ2v) is 10.5. The maximum absolute atomic E-state index is 13.7. The highest BCUT2D eigenvalue weighted by Crippen LogP contribution is 2.45. The number of halogens is 1. The Balaban J connectivity index is 1.42. The van der Waals surface area contributed by atoms with Gasteiger partial charge in [-0.25, -0.2) is 0 Å². The minimum absolute atomic E-state index is 0.235. The SMILES string of the molecule is COc1ccc(CCN2C(=O)C(=C3C(=O)N(Cc4ccccc4Cl)c4ccccc43)SC2=S)cc1OC. The average molecular weight is 551 g/mol. The molecule has 9 heteroatoms. The molecule has 3 aromatic carbocycles. The normalized spacial score (nSPS) is 17.0. The Kier molecular flexibility index (Phi) is 7.24. The third-order valence-corrected chi connectivity index (χ3v) is 8.17. The van der Waals surface area contributed by atoms with Crippen LogP contribution in [0, 0.1) is 0 Å². The van der Waals surface area contributed by atoms with Gasteiger partial charge in [-0.15, -0.1) is 0 Å². The third kappa shape index (κ3) is 4.72. The number of rotatable bonds is 7. The van der Waals surface area contributed by atoms with Gasteiger partial charge in [0.2, 0.25) is 0 Å². The molecule has 0 N–H and O–H groups in total. The summed E-state index contributed by atoms with van der Waals surface area (Å²) >= 11 is 13.1. The number of carbonyl (C=O) groups excluding carboxylic acids is 2. The Labute approximate surface area is 229 Å². The largest absolute Gasteiger partial charge is 0.493 e. The predicted molar refractivity (Wildman–Crippen MR) is 151 cm³/mol. The van der Waals surface area contributed by atoms with Crippen molar-refractivity contribution >= 4 is 63.0 Å². The summed E-state index contributed by atoms with van der Waals surface area (Å²) in [7, 11) is 3.17. The molecule has 188 valence electrons. The Morgan fingerprint density at radius 3 is 2.38 bits per heavy atom. The molecule has 0 unspecified atom stereocenters. The van der Waals surface area contributed by atoms with Crippen molar-refractivity contribution < 1.29 is 19.1 Å². The summed E-state index contributed by atoms with van der Waals surface area (Å²) in [6, 6.07) is 20.6. The molecule has 0 aromatic heterocycles. The van der Waals surface area contributed by atoms with Crippen LogP contribution in [0.5, 0.6) is 11.5 Å². The van der Waals surface area contributed by atoms with Gasteiger partial charge in [-0.05, 0) is 41.8 Å². The lowest BCUT2D eigenvalue weighted by Crippen LogP contribution is -2.31. The van der Waals surface area contributed by atoms with E-state index in [0.29, 0.717) is 50.8 Å². The van der Waals surface area contributed by atoms with Crippen LogP contribution in [0.3, 0.4) is 0 Å². The molecule has 3 aromatic rings. The van der Waals surface area contributed by atoms with Gasteiger partial charge in [-0.1, -0.05) is 78.0 Å². The number of para-hydroxylation sites is 1. The molecule has 2 heterocycles. The number of anilines is 1. The van der Waals surface area contributed by atoms with Crippen LogP contribution in [0.1, 0.15) is 16.7 Å². The zero-order valence-electron chi connectivity index (χ0n) is 20.2. The van der Waals surface area contributed by atoms with Gasteiger partial charge < -0.3 is 14.4 Å². The predicted octanol–water partition coefficient (Wildman–Crippen LogP) is 5.72. The molecule has 0 aliphatic carbocycles. The Bertz CT molecular complexity index is 1460. The minimum Gasteiger partial charge on any atom is -0.493 e. The minimum atomic E-state index is -0.256. The van der Waals surface area contributed by atoms with Crippen LogP contribution in [-0.2, 0) is 22.6 Å². The lowest BCUT2D eigenvalue weighted by atomic mass is 10.1. The van der Waals surface area contributed by atoms with Crippen LogP contribution in [0.4, 0.5) is 5.69 Å². The van der Waals surface area contributed by atoms with Crippen molar-refractivity contribution in [2.45, 2.75) is 13.0 Å². The third-order valence-electron chi connectivity index (χ3n) is 6.36.